The lowest BCUT2D eigenvalue weighted by Crippen LogP contribution is -2.48. The fourth-order valence-corrected chi connectivity index (χ4v) is 1.76. The van der Waals surface area contributed by atoms with E-state index in [1.54, 1.807) is 6.92 Å². The molecule has 4 heteroatoms. The van der Waals surface area contributed by atoms with Crippen LogP contribution in [0.25, 0.3) is 0 Å². The Morgan fingerprint density at radius 1 is 1.60 bits per heavy atom. The number of aliphatic hydroxyl groups is 1. The minimum absolute atomic E-state index is 0.133. The molecule has 88 valence electrons. The Bertz CT molecular complexity index is 245. The highest BCUT2D eigenvalue weighted by molar-refractivity contribution is 5.88. The molecule has 1 unspecified atom stereocenters. The Labute approximate surface area is 91.2 Å². The van der Waals surface area contributed by atoms with Crippen LogP contribution in [0.5, 0.6) is 0 Å². The summed E-state index contributed by atoms with van der Waals surface area (Å²) >= 11 is 0. The average molecular weight is 214 g/mol. The molecule has 0 aromatic rings. The van der Waals surface area contributed by atoms with Crippen molar-refractivity contribution < 1.29 is 9.90 Å². The lowest BCUT2D eigenvalue weighted by atomic mass is 9.94. The monoisotopic (exact) mass is 214 g/mol. The molecule has 0 aromatic carbocycles. The predicted octanol–water partition coefficient (Wildman–Crippen LogP) is 0.391. The molecule has 0 aromatic heterocycles. The fraction of sp³-hybridized carbons (Fsp3) is 0.909. The van der Waals surface area contributed by atoms with E-state index in [-0.39, 0.29) is 12.5 Å². The maximum Gasteiger partial charge on any atom is 0.240 e. The van der Waals surface area contributed by atoms with Gasteiger partial charge >= 0.3 is 0 Å². The van der Waals surface area contributed by atoms with E-state index in [0.29, 0.717) is 12.3 Å². The molecule has 15 heavy (non-hydrogen) atoms. The first-order valence-electron chi connectivity index (χ1n) is 5.55. The van der Waals surface area contributed by atoms with Crippen molar-refractivity contribution in [3.63, 3.8) is 0 Å². The van der Waals surface area contributed by atoms with E-state index < -0.39 is 11.1 Å². The highest BCUT2D eigenvalue weighted by atomic mass is 16.3. The molecule has 0 radical (unpaired) electrons. The van der Waals surface area contributed by atoms with E-state index in [9.17, 15) is 9.90 Å². The fourth-order valence-electron chi connectivity index (χ4n) is 1.76. The van der Waals surface area contributed by atoms with Gasteiger partial charge in [0.05, 0.1) is 11.1 Å². The van der Waals surface area contributed by atoms with Gasteiger partial charge in [0, 0.05) is 6.54 Å². The van der Waals surface area contributed by atoms with Gasteiger partial charge in [0.25, 0.3) is 0 Å². The van der Waals surface area contributed by atoms with Gasteiger partial charge in [-0.1, -0.05) is 13.8 Å². The van der Waals surface area contributed by atoms with Crippen LogP contribution < -0.4 is 11.1 Å². The Morgan fingerprint density at radius 2 is 2.13 bits per heavy atom. The number of nitrogens with two attached hydrogens (primary N) is 1. The SMILES string of the molecule is CC(C)CC(C)(O)CNC(=O)C1(N)CC1. The van der Waals surface area contributed by atoms with Gasteiger partial charge in [-0.25, -0.2) is 0 Å². The number of carbonyl (C=O) groups excluding carboxylic acids is 1. The van der Waals surface area contributed by atoms with Crippen LogP contribution in [0.4, 0.5) is 0 Å². The Balaban J connectivity index is 2.32. The van der Waals surface area contributed by atoms with Gasteiger partial charge in [0.15, 0.2) is 0 Å². The molecule has 1 atom stereocenters. The lowest BCUT2D eigenvalue weighted by Gasteiger charge is -2.26. The Morgan fingerprint density at radius 3 is 2.53 bits per heavy atom. The number of nitrogens with one attached hydrogen (secondary N) is 1. The van der Waals surface area contributed by atoms with E-state index in [4.69, 9.17) is 5.73 Å². The Hall–Kier alpha value is -0.610. The topological polar surface area (TPSA) is 75.3 Å². The van der Waals surface area contributed by atoms with Crippen LogP contribution >= 0.6 is 0 Å². The summed E-state index contributed by atoms with van der Waals surface area (Å²) in [5.41, 5.74) is 4.24. The van der Waals surface area contributed by atoms with Crippen molar-refractivity contribution >= 4 is 5.91 Å². The van der Waals surface area contributed by atoms with Gasteiger partial charge in [0.2, 0.25) is 5.91 Å². The van der Waals surface area contributed by atoms with Crippen molar-refractivity contribution in [2.45, 2.75) is 51.2 Å². The standard InChI is InChI=1S/C11H22N2O2/c1-8(2)6-10(3,15)7-13-9(14)11(12)4-5-11/h8,15H,4-7,12H2,1-3H3,(H,13,14). The molecule has 0 saturated heterocycles. The van der Waals surface area contributed by atoms with Crippen molar-refractivity contribution in [2.24, 2.45) is 11.7 Å². The summed E-state index contributed by atoms with van der Waals surface area (Å²) in [4.78, 5) is 11.5. The zero-order valence-corrected chi connectivity index (χ0v) is 9.84. The zero-order chi connectivity index (χ0) is 11.7. The first-order chi connectivity index (χ1) is 6.75. The number of hydrogen-bond donors (Lipinski definition) is 3. The van der Waals surface area contributed by atoms with Crippen molar-refractivity contribution in [1.82, 2.24) is 5.32 Å². The molecule has 1 rings (SSSR count). The minimum Gasteiger partial charge on any atom is -0.388 e. The number of rotatable bonds is 5. The largest absolute Gasteiger partial charge is 0.388 e. The van der Waals surface area contributed by atoms with Gasteiger partial charge in [-0.15, -0.1) is 0 Å². The molecular formula is C11H22N2O2. The third-order valence-electron chi connectivity index (χ3n) is 2.72. The average Bonchev–Trinajstić information content (AvgIpc) is 2.78. The van der Waals surface area contributed by atoms with E-state index >= 15 is 0 Å². The van der Waals surface area contributed by atoms with Crippen molar-refractivity contribution in [3.8, 4) is 0 Å². The molecule has 1 saturated carbocycles. The summed E-state index contributed by atoms with van der Waals surface area (Å²) in [5.74, 6) is 0.274. The number of amides is 1. The molecule has 0 spiro atoms. The quantitative estimate of drug-likeness (QED) is 0.619. The number of carbonyl (C=O) groups is 1. The summed E-state index contributed by atoms with van der Waals surface area (Å²) in [6.07, 6.45) is 2.18. The molecule has 1 fully saturated rings. The van der Waals surface area contributed by atoms with Crippen molar-refractivity contribution in [3.05, 3.63) is 0 Å². The van der Waals surface area contributed by atoms with Crippen LogP contribution in [0.2, 0.25) is 0 Å². The first kappa shape index (κ1) is 12.5. The highest BCUT2D eigenvalue weighted by Gasteiger charge is 2.46. The molecule has 1 amide bonds. The van der Waals surface area contributed by atoms with Crippen LogP contribution in [-0.2, 0) is 4.79 Å². The van der Waals surface area contributed by atoms with E-state index in [1.807, 2.05) is 13.8 Å². The van der Waals surface area contributed by atoms with Crippen LogP contribution in [0.1, 0.15) is 40.0 Å². The second kappa shape index (κ2) is 4.10. The normalized spacial score (nSPS) is 22.3. The molecule has 0 aliphatic heterocycles. The summed E-state index contributed by atoms with van der Waals surface area (Å²) in [6, 6.07) is 0. The molecule has 4 nitrogen and oxygen atoms in total. The van der Waals surface area contributed by atoms with Gasteiger partial charge in [-0.05, 0) is 32.1 Å². The van der Waals surface area contributed by atoms with Crippen LogP contribution in [0, 0.1) is 5.92 Å². The van der Waals surface area contributed by atoms with Gasteiger partial charge in [0.1, 0.15) is 0 Å². The third kappa shape index (κ3) is 3.80. The van der Waals surface area contributed by atoms with Gasteiger partial charge < -0.3 is 16.2 Å². The molecule has 1 aliphatic rings. The highest BCUT2D eigenvalue weighted by Crippen LogP contribution is 2.32. The van der Waals surface area contributed by atoms with E-state index in [0.717, 1.165) is 12.8 Å². The van der Waals surface area contributed by atoms with Crippen LogP contribution in [0.3, 0.4) is 0 Å². The van der Waals surface area contributed by atoms with E-state index in [2.05, 4.69) is 5.32 Å². The molecule has 0 heterocycles. The zero-order valence-electron chi connectivity index (χ0n) is 9.84. The predicted molar refractivity (Wildman–Crippen MR) is 59.2 cm³/mol. The number of hydrogen-bond acceptors (Lipinski definition) is 3. The summed E-state index contributed by atoms with van der Waals surface area (Å²) < 4.78 is 0. The smallest absolute Gasteiger partial charge is 0.240 e. The molecular weight excluding hydrogens is 192 g/mol. The van der Waals surface area contributed by atoms with Crippen LogP contribution in [-0.4, -0.2) is 28.7 Å². The molecule has 1 aliphatic carbocycles. The van der Waals surface area contributed by atoms with Crippen molar-refractivity contribution in [1.29, 1.82) is 0 Å². The second-order valence-corrected chi connectivity index (χ2v) is 5.43. The van der Waals surface area contributed by atoms with Crippen molar-refractivity contribution in [2.75, 3.05) is 6.54 Å². The summed E-state index contributed by atoms with van der Waals surface area (Å²) in [6.45, 7) is 6.11. The lowest BCUT2D eigenvalue weighted by molar-refractivity contribution is -0.124. The van der Waals surface area contributed by atoms with Gasteiger partial charge in [-0.2, -0.15) is 0 Å². The minimum atomic E-state index is -0.838. The third-order valence-corrected chi connectivity index (χ3v) is 2.72. The molecule has 4 N–H and O–H groups in total. The van der Waals surface area contributed by atoms with E-state index in [1.165, 1.54) is 0 Å². The second-order valence-electron chi connectivity index (χ2n) is 5.43. The maximum absolute atomic E-state index is 11.5. The maximum atomic E-state index is 11.5. The molecule has 0 bridgehead atoms. The van der Waals surface area contributed by atoms with Gasteiger partial charge in [-0.3, -0.25) is 4.79 Å². The van der Waals surface area contributed by atoms with Crippen LogP contribution in [0.15, 0.2) is 0 Å². The summed E-state index contributed by atoms with van der Waals surface area (Å²) in [7, 11) is 0. The Kier molecular flexibility index (Phi) is 3.41. The first-order valence-corrected chi connectivity index (χ1v) is 5.55. The summed E-state index contributed by atoms with van der Waals surface area (Å²) in [5, 5.41) is 12.7.